The van der Waals surface area contributed by atoms with E-state index < -0.39 is 0 Å². The Kier molecular flexibility index (Phi) is 8.64. The fraction of sp³-hybridized carbons (Fsp3) is 0.520. The zero-order chi connectivity index (χ0) is 22.2. The number of amides is 2. The SMILES string of the molecule is CCCCC(CC)C(=O)N(CC(=O)N(Cc1ccc(F)cc1)Cc1cccs1)C1CC1. The number of nitrogens with zero attached hydrogens (tertiary/aromatic N) is 2. The minimum absolute atomic E-state index is 0.00352. The lowest BCUT2D eigenvalue weighted by atomic mass is 9.97. The first kappa shape index (κ1) is 23.5. The smallest absolute Gasteiger partial charge is 0.242 e. The summed E-state index contributed by atoms with van der Waals surface area (Å²) in [4.78, 5) is 31.3. The molecule has 0 radical (unpaired) electrons. The number of halogens is 1. The Morgan fingerprint density at radius 3 is 2.45 bits per heavy atom. The van der Waals surface area contributed by atoms with Crippen LogP contribution in [0.4, 0.5) is 4.39 Å². The number of thiophene rings is 1. The Morgan fingerprint density at radius 1 is 1.13 bits per heavy atom. The van der Waals surface area contributed by atoms with Crippen LogP contribution >= 0.6 is 11.3 Å². The van der Waals surface area contributed by atoms with Gasteiger partial charge in [-0.05, 0) is 54.8 Å². The second kappa shape index (κ2) is 11.4. The zero-order valence-corrected chi connectivity index (χ0v) is 19.4. The highest BCUT2D eigenvalue weighted by atomic mass is 32.1. The van der Waals surface area contributed by atoms with E-state index in [0.717, 1.165) is 49.0 Å². The van der Waals surface area contributed by atoms with Crippen LogP contribution in [0.15, 0.2) is 41.8 Å². The second-order valence-corrected chi connectivity index (χ2v) is 9.43. The van der Waals surface area contributed by atoms with Gasteiger partial charge in [-0.3, -0.25) is 9.59 Å². The van der Waals surface area contributed by atoms with Gasteiger partial charge in [-0.15, -0.1) is 11.3 Å². The van der Waals surface area contributed by atoms with Crippen molar-refractivity contribution in [3.63, 3.8) is 0 Å². The van der Waals surface area contributed by atoms with Crippen LogP contribution < -0.4 is 0 Å². The van der Waals surface area contributed by atoms with E-state index in [2.05, 4.69) is 13.8 Å². The largest absolute Gasteiger partial charge is 0.332 e. The number of unbranched alkanes of at least 4 members (excludes halogenated alkanes) is 1. The van der Waals surface area contributed by atoms with Gasteiger partial charge in [-0.1, -0.05) is 44.9 Å². The summed E-state index contributed by atoms with van der Waals surface area (Å²) in [5.74, 6) is -0.216. The first-order chi connectivity index (χ1) is 15.0. The van der Waals surface area contributed by atoms with Crippen molar-refractivity contribution in [2.75, 3.05) is 6.54 Å². The van der Waals surface area contributed by atoms with E-state index in [-0.39, 0.29) is 36.1 Å². The second-order valence-electron chi connectivity index (χ2n) is 8.40. The molecule has 1 aliphatic rings. The molecule has 4 nitrogen and oxygen atoms in total. The minimum atomic E-state index is -0.289. The van der Waals surface area contributed by atoms with Crippen LogP contribution in [0.2, 0.25) is 0 Å². The van der Waals surface area contributed by atoms with Crippen molar-refractivity contribution in [3.8, 4) is 0 Å². The van der Waals surface area contributed by atoms with Gasteiger partial charge in [-0.2, -0.15) is 0 Å². The highest BCUT2D eigenvalue weighted by Gasteiger charge is 2.37. The van der Waals surface area contributed by atoms with Crippen molar-refractivity contribution >= 4 is 23.2 Å². The van der Waals surface area contributed by atoms with Gasteiger partial charge in [0.25, 0.3) is 0 Å². The van der Waals surface area contributed by atoms with Gasteiger partial charge >= 0.3 is 0 Å². The molecule has 1 fully saturated rings. The summed E-state index contributed by atoms with van der Waals surface area (Å²) in [6.45, 7) is 5.21. The van der Waals surface area contributed by atoms with Gasteiger partial charge in [0.2, 0.25) is 11.8 Å². The molecule has 0 aliphatic heterocycles. The van der Waals surface area contributed by atoms with Gasteiger partial charge in [-0.25, -0.2) is 4.39 Å². The molecular formula is C25H33FN2O2S. The fourth-order valence-electron chi connectivity index (χ4n) is 3.84. The Labute approximate surface area is 189 Å². The van der Waals surface area contributed by atoms with E-state index in [1.54, 1.807) is 28.4 Å². The molecular weight excluding hydrogens is 411 g/mol. The van der Waals surface area contributed by atoms with Crippen LogP contribution in [-0.2, 0) is 22.7 Å². The normalized spacial score (nSPS) is 14.3. The van der Waals surface area contributed by atoms with Gasteiger partial charge in [0.05, 0.1) is 6.54 Å². The molecule has 1 atom stereocenters. The number of carbonyl (C=O) groups excluding carboxylic acids is 2. The lowest BCUT2D eigenvalue weighted by molar-refractivity contribution is -0.144. The van der Waals surface area contributed by atoms with Crippen molar-refractivity contribution < 1.29 is 14.0 Å². The number of carbonyl (C=O) groups is 2. The number of hydrogen-bond acceptors (Lipinski definition) is 3. The average Bonchev–Trinajstić information content (AvgIpc) is 3.48. The fourth-order valence-corrected chi connectivity index (χ4v) is 4.56. The molecule has 0 spiro atoms. The van der Waals surface area contributed by atoms with Gasteiger partial charge < -0.3 is 9.80 Å². The minimum Gasteiger partial charge on any atom is -0.332 e. The first-order valence-corrected chi connectivity index (χ1v) is 12.2. The highest BCUT2D eigenvalue weighted by molar-refractivity contribution is 7.09. The maximum Gasteiger partial charge on any atom is 0.242 e. The van der Waals surface area contributed by atoms with Crippen LogP contribution in [-0.4, -0.2) is 34.2 Å². The first-order valence-electron chi connectivity index (χ1n) is 11.4. The molecule has 1 aromatic carbocycles. The molecule has 168 valence electrons. The molecule has 0 N–H and O–H groups in total. The molecule has 1 aromatic heterocycles. The maximum atomic E-state index is 13.4. The van der Waals surface area contributed by atoms with E-state index in [1.165, 1.54) is 12.1 Å². The Morgan fingerprint density at radius 2 is 1.87 bits per heavy atom. The summed E-state index contributed by atoms with van der Waals surface area (Å²) >= 11 is 1.61. The lowest BCUT2D eigenvalue weighted by Gasteiger charge is -2.30. The van der Waals surface area contributed by atoms with Gasteiger partial charge in [0.15, 0.2) is 0 Å². The van der Waals surface area contributed by atoms with Crippen molar-refractivity contribution in [1.29, 1.82) is 0 Å². The summed E-state index contributed by atoms with van der Waals surface area (Å²) in [6.07, 6.45) is 5.75. The molecule has 2 aromatic rings. The number of benzene rings is 1. The number of hydrogen-bond donors (Lipinski definition) is 0. The molecule has 31 heavy (non-hydrogen) atoms. The van der Waals surface area contributed by atoms with Crippen molar-refractivity contribution in [3.05, 3.63) is 58.0 Å². The lowest BCUT2D eigenvalue weighted by Crippen LogP contribution is -2.45. The van der Waals surface area contributed by atoms with Crippen LogP contribution in [0.25, 0.3) is 0 Å². The Bertz CT molecular complexity index is 834. The van der Waals surface area contributed by atoms with Gasteiger partial charge in [0, 0.05) is 23.4 Å². The van der Waals surface area contributed by atoms with E-state index in [0.29, 0.717) is 13.1 Å². The average molecular weight is 445 g/mol. The zero-order valence-electron chi connectivity index (χ0n) is 18.6. The third-order valence-electron chi connectivity index (χ3n) is 5.89. The van der Waals surface area contributed by atoms with Crippen LogP contribution in [0.5, 0.6) is 0 Å². The molecule has 0 saturated heterocycles. The van der Waals surface area contributed by atoms with Crippen molar-refractivity contribution in [1.82, 2.24) is 9.80 Å². The Hall–Kier alpha value is -2.21. The predicted octanol–water partition coefficient (Wildman–Crippen LogP) is 5.62. The van der Waals surface area contributed by atoms with E-state index in [1.807, 2.05) is 22.4 Å². The third-order valence-corrected chi connectivity index (χ3v) is 6.75. The molecule has 2 amide bonds. The standard InChI is InChI=1S/C25H33FN2O2S/c1-3-5-7-20(4-2)25(30)28(22-13-14-22)18-24(29)27(17-23-8-6-15-31-23)16-19-9-11-21(26)12-10-19/h6,8-12,15,20,22H,3-5,7,13-14,16-18H2,1-2H3. The van der Waals surface area contributed by atoms with Crippen LogP contribution in [0.3, 0.4) is 0 Å². The van der Waals surface area contributed by atoms with E-state index in [9.17, 15) is 14.0 Å². The number of rotatable bonds is 12. The third kappa shape index (κ3) is 6.89. The quantitative estimate of drug-likeness (QED) is 0.426. The van der Waals surface area contributed by atoms with E-state index in [4.69, 9.17) is 0 Å². The molecule has 1 aliphatic carbocycles. The van der Waals surface area contributed by atoms with Crippen molar-refractivity contribution in [2.45, 2.75) is 71.5 Å². The Balaban J connectivity index is 1.73. The summed E-state index contributed by atoms with van der Waals surface area (Å²) in [5, 5.41) is 2.00. The molecule has 6 heteroatoms. The summed E-state index contributed by atoms with van der Waals surface area (Å²) in [5.41, 5.74) is 0.880. The van der Waals surface area contributed by atoms with Gasteiger partial charge in [0.1, 0.15) is 12.4 Å². The van der Waals surface area contributed by atoms with E-state index >= 15 is 0 Å². The summed E-state index contributed by atoms with van der Waals surface area (Å²) in [7, 11) is 0. The summed E-state index contributed by atoms with van der Waals surface area (Å²) in [6, 6.07) is 10.4. The predicted molar refractivity (Wildman–Crippen MR) is 123 cm³/mol. The van der Waals surface area contributed by atoms with Crippen LogP contribution in [0, 0.1) is 11.7 Å². The molecule has 3 rings (SSSR count). The topological polar surface area (TPSA) is 40.6 Å². The monoisotopic (exact) mass is 444 g/mol. The molecule has 0 bridgehead atoms. The molecule has 1 saturated carbocycles. The maximum absolute atomic E-state index is 13.4. The highest BCUT2D eigenvalue weighted by Crippen LogP contribution is 2.30. The molecule has 1 heterocycles. The summed E-state index contributed by atoms with van der Waals surface area (Å²) < 4.78 is 13.3. The molecule has 1 unspecified atom stereocenters. The van der Waals surface area contributed by atoms with Crippen molar-refractivity contribution in [2.24, 2.45) is 5.92 Å². The van der Waals surface area contributed by atoms with Crippen LogP contribution in [0.1, 0.15) is 62.8 Å².